The summed E-state index contributed by atoms with van der Waals surface area (Å²) in [6.45, 7) is 1.67. The second-order valence-electron chi connectivity index (χ2n) is 4.52. The summed E-state index contributed by atoms with van der Waals surface area (Å²) < 4.78 is 26.9. The molecule has 4 nitrogen and oxygen atoms in total. The van der Waals surface area contributed by atoms with E-state index in [1.165, 1.54) is 0 Å². The Morgan fingerprint density at radius 3 is 2.61 bits per heavy atom. The van der Waals surface area contributed by atoms with E-state index in [0.717, 1.165) is 0 Å². The Bertz CT molecular complexity index is 522. The molecule has 5 heteroatoms. The molecule has 0 saturated heterocycles. The molecule has 3 atom stereocenters. The average molecular weight is 267 g/mol. The number of aliphatic hydroxyl groups excluding tert-OH is 1. The monoisotopic (exact) mass is 267 g/mol. The van der Waals surface area contributed by atoms with Crippen molar-refractivity contribution >= 4 is 10.0 Å². The summed E-state index contributed by atoms with van der Waals surface area (Å²) >= 11 is 0. The molecule has 0 spiro atoms. The lowest BCUT2D eigenvalue weighted by atomic mass is 9.99. The third kappa shape index (κ3) is 2.80. The van der Waals surface area contributed by atoms with E-state index in [1.54, 1.807) is 37.3 Å². The summed E-state index contributed by atoms with van der Waals surface area (Å²) in [6.07, 6.45) is 3.81. The molecule has 0 saturated carbocycles. The smallest absolute Gasteiger partial charge is 0.240 e. The number of hydrogen-bond donors (Lipinski definition) is 2. The van der Waals surface area contributed by atoms with Crippen molar-refractivity contribution in [2.45, 2.75) is 30.4 Å². The van der Waals surface area contributed by atoms with E-state index in [-0.39, 0.29) is 16.9 Å². The zero-order valence-electron chi connectivity index (χ0n) is 10.2. The van der Waals surface area contributed by atoms with Crippen molar-refractivity contribution in [3.8, 4) is 0 Å². The Morgan fingerprint density at radius 2 is 2.00 bits per heavy atom. The second-order valence-corrected chi connectivity index (χ2v) is 6.24. The Balaban J connectivity index is 2.15. The van der Waals surface area contributed by atoms with Crippen LogP contribution in [-0.2, 0) is 10.0 Å². The minimum Gasteiger partial charge on any atom is -0.393 e. The summed E-state index contributed by atoms with van der Waals surface area (Å²) in [5.41, 5.74) is 0. The second kappa shape index (κ2) is 5.22. The van der Waals surface area contributed by atoms with Crippen LogP contribution < -0.4 is 4.72 Å². The quantitative estimate of drug-likeness (QED) is 0.808. The molecule has 18 heavy (non-hydrogen) atoms. The van der Waals surface area contributed by atoms with E-state index in [1.807, 2.05) is 12.2 Å². The van der Waals surface area contributed by atoms with Crippen LogP contribution in [0.15, 0.2) is 47.4 Å². The predicted molar refractivity (Wildman–Crippen MR) is 69.5 cm³/mol. The lowest BCUT2D eigenvalue weighted by Crippen LogP contribution is -2.41. The molecule has 2 N–H and O–H groups in total. The molecule has 1 aromatic carbocycles. The molecule has 0 amide bonds. The topological polar surface area (TPSA) is 66.4 Å². The third-order valence-electron chi connectivity index (χ3n) is 3.13. The highest BCUT2D eigenvalue weighted by molar-refractivity contribution is 7.89. The van der Waals surface area contributed by atoms with Gasteiger partial charge in [0.25, 0.3) is 0 Å². The van der Waals surface area contributed by atoms with Gasteiger partial charge in [-0.3, -0.25) is 0 Å². The van der Waals surface area contributed by atoms with Gasteiger partial charge in [0, 0.05) is 12.0 Å². The van der Waals surface area contributed by atoms with Crippen LogP contribution in [-0.4, -0.2) is 25.7 Å². The van der Waals surface area contributed by atoms with Gasteiger partial charge in [0.1, 0.15) is 0 Å². The van der Waals surface area contributed by atoms with Gasteiger partial charge in [-0.15, -0.1) is 0 Å². The Morgan fingerprint density at radius 1 is 1.33 bits per heavy atom. The predicted octanol–water partition coefficient (Wildman–Crippen LogP) is 1.29. The maximum absolute atomic E-state index is 12.1. The molecule has 0 fully saturated rings. The van der Waals surface area contributed by atoms with Crippen LogP contribution in [0.25, 0.3) is 0 Å². The number of hydrogen-bond acceptors (Lipinski definition) is 3. The molecule has 0 heterocycles. The molecule has 0 aromatic heterocycles. The van der Waals surface area contributed by atoms with Gasteiger partial charge in [0.05, 0.1) is 11.0 Å². The van der Waals surface area contributed by atoms with Crippen LogP contribution in [0.4, 0.5) is 0 Å². The maximum Gasteiger partial charge on any atom is 0.240 e. The van der Waals surface area contributed by atoms with Gasteiger partial charge >= 0.3 is 0 Å². The average Bonchev–Trinajstić information content (AvgIpc) is 2.78. The molecule has 2 rings (SSSR count). The van der Waals surface area contributed by atoms with E-state index in [2.05, 4.69) is 4.72 Å². The van der Waals surface area contributed by atoms with Crippen LogP contribution in [0.2, 0.25) is 0 Å². The molecular formula is C13H17NO3S. The minimum absolute atomic E-state index is 0.163. The van der Waals surface area contributed by atoms with E-state index in [9.17, 15) is 13.5 Å². The molecule has 1 aliphatic carbocycles. The fourth-order valence-corrected chi connectivity index (χ4v) is 3.47. The lowest BCUT2D eigenvalue weighted by Gasteiger charge is -2.22. The first-order chi connectivity index (χ1) is 8.50. The molecular weight excluding hydrogens is 250 g/mol. The number of rotatable bonds is 4. The highest BCUT2D eigenvalue weighted by atomic mass is 32.2. The molecule has 1 aliphatic rings. The first kappa shape index (κ1) is 13.3. The van der Waals surface area contributed by atoms with E-state index in [4.69, 9.17) is 0 Å². The SMILES string of the molecule is CC(O)[C@@H]1C=CC[C@H]1NS(=O)(=O)c1ccccc1. The standard InChI is InChI=1S/C13H17NO3S/c1-10(15)12-8-5-9-13(12)14-18(16,17)11-6-3-2-4-7-11/h2-8,10,12-15H,9H2,1H3/t10?,12-,13+/m0/s1. The van der Waals surface area contributed by atoms with Crippen LogP contribution in [0.5, 0.6) is 0 Å². The van der Waals surface area contributed by atoms with Gasteiger partial charge in [-0.1, -0.05) is 30.4 Å². The first-order valence-electron chi connectivity index (χ1n) is 5.93. The molecule has 1 aromatic rings. The zero-order valence-corrected chi connectivity index (χ0v) is 11.0. The molecule has 0 aliphatic heterocycles. The number of aliphatic hydroxyl groups is 1. The van der Waals surface area contributed by atoms with E-state index < -0.39 is 16.1 Å². The third-order valence-corrected chi connectivity index (χ3v) is 4.64. The molecule has 1 unspecified atom stereocenters. The van der Waals surface area contributed by atoms with E-state index >= 15 is 0 Å². The summed E-state index contributed by atoms with van der Waals surface area (Å²) in [6, 6.07) is 8.00. The number of sulfonamides is 1. The molecule has 0 radical (unpaired) electrons. The lowest BCUT2D eigenvalue weighted by molar-refractivity contribution is 0.136. The van der Waals surface area contributed by atoms with Crippen LogP contribution in [0.3, 0.4) is 0 Å². The number of benzene rings is 1. The zero-order chi connectivity index (χ0) is 13.2. The van der Waals surface area contributed by atoms with Crippen molar-refractivity contribution < 1.29 is 13.5 Å². The van der Waals surface area contributed by atoms with Gasteiger partial charge in [-0.2, -0.15) is 0 Å². The van der Waals surface area contributed by atoms with Gasteiger partial charge in [-0.05, 0) is 25.5 Å². The van der Waals surface area contributed by atoms with Gasteiger partial charge in [-0.25, -0.2) is 13.1 Å². The van der Waals surface area contributed by atoms with Gasteiger partial charge < -0.3 is 5.11 Å². The fourth-order valence-electron chi connectivity index (χ4n) is 2.16. The van der Waals surface area contributed by atoms with Crippen LogP contribution >= 0.6 is 0 Å². The maximum atomic E-state index is 12.1. The minimum atomic E-state index is -3.51. The Labute approximate surface area is 107 Å². The fraction of sp³-hybridized carbons (Fsp3) is 0.385. The van der Waals surface area contributed by atoms with Crippen molar-refractivity contribution in [1.29, 1.82) is 0 Å². The van der Waals surface area contributed by atoms with Crippen LogP contribution in [0, 0.1) is 5.92 Å². The van der Waals surface area contributed by atoms with Crippen molar-refractivity contribution in [2.24, 2.45) is 5.92 Å². The number of nitrogens with one attached hydrogen (secondary N) is 1. The summed E-state index contributed by atoms with van der Waals surface area (Å²) in [5.74, 6) is -0.163. The van der Waals surface area contributed by atoms with E-state index in [0.29, 0.717) is 6.42 Å². The van der Waals surface area contributed by atoms with Crippen molar-refractivity contribution in [1.82, 2.24) is 4.72 Å². The largest absolute Gasteiger partial charge is 0.393 e. The summed E-state index contributed by atoms with van der Waals surface area (Å²) in [7, 11) is -3.51. The van der Waals surface area contributed by atoms with Crippen molar-refractivity contribution in [3.05, 3.63) is 42.5 Å². The highest BCUT2D eigenvalue weighted by Crippen LogP contribution is 2.23. The van der Waals surface area contributed by atoms with Crippen molar-refractivity contribution in [2.75, 3.05) is 0 Å². The van der Waals surface area contributed by atoms with Gasteiger partial charge in [0.2, 0.25) is 10.0 Å². The Hall–Kier alpha value is -1.17. The summed E-state index contributed by atoms with van der Waals surface area (Å²) in [5, 5.41) is 9.60. The molecule has 98 valence electrons. The molecule has 0 bridgehead atoms. The Kier molecular flexibility index (Phi) is 3.85. The highest BCUT2D eigenvalue weighted by Gasteiger charge is 2.30. The van der Waals surface area contributed by atoms with Crippen molar-refractivity contribution in [3.63, 3.8) is 0 Å². The van der Waals surface area contributed by atoms with Gasteiger partial charge in [0.15, 0.2) is 0 Å². The van der Waals surface area contributed by atoms with Crippen LogP contribution in [0.1, 0.15) is 13.3 Å². The first-order valence-corrected chi connectivity index (χ1v) is 7.41. The normalized spacial score (nSPS) is 25.2. The summed E-state index contributed by atoms with van der Waals surface area (Å²) in [4.78, 5) is 0.251.